The molecule has 7 heteroatoms. The Morgan fingerprint density at radius 3 is 2.92 bits per heavy atom. The number of thioether (sulfide) groups is 1. The second-order valence-electron chi connectivity index (χ2n) is 6.58. The Balaban J connectivity index is 1.35. The smallest absolute Gasteiger partial charge is 0.233 e. The van der Waals surface area contributed by atoms with Crippen LogP contribution in [-0.4, -0.2) is 68.3 Å². The second kappa shape index (κ2) is 7.11. The number of nitrogens with zero attached hydrogens (tertiary/aromatic N) is 5. The lowest BCUT2D eigenvalue weighted by molar-refractivity contribution is -0.130. The van der Waals surface area contributed by atoms with Crippen molar-refractivity contribution in [2.24, 2.45) is 0 Å². The third-order valence-electron chi connectivity index (χ3n) is 5.01. The zero-order chi connectivity index (χ0) is 16.4. The first-order valence-electron chi connectivity index (χ1n) is 8.75. The first kappa shape index (κ1) is 15.9. The second-order valence-corrected chi connectivity index (χ2v) is 7.52. The molecule has 0 radical (unpaired) electrons. The number of amides is 1. The average molecular weight is 345 g/mol. The van der Waals surface area contributed by atoms with E-state index in [-0.39, 0.29) is 5.91 Å². The summed E-state index contributed by atoms with van der Waals surface area (Å²) in [6, 6.07) is 6.37. The van der Waals surface area contributed by atoms with Crippen LogP contribution in [0.5, 0.6) is 0 Å². The lowest BCUT2D eigenvalue weighted by atomic mass is 10.0. The van der Waals surface area contributed by atoms with Gasteiger partial charge in [-0.25, -0.2) is 0 Å². The van der Waals surface area contributed by atoms with E-state index in [9.17, 15) is 4.79 Å². The average Bonchev–Trinajstić information content (AvgIpc) is 3.30. The highest BCUT2D eigenvalue weighted by molar-refractivity contribution is 7.99. The molecule has 2 aromatic heterocycles. The van der Waals surface area contributed by atoms with E-state index in [0.29, 0.717) is 11.8 Å². The van der Waals surface area contributed by atoms with Crippen LogP contribution < -0.4 is 0 Å². The molecule has 4 heterocycles. The normalized spacial score (nSPS) is 22.3. The zero-order valence-electron chi connectivity index (χ0n) is 13.8. The molecule has 128 valence electrons. The van der Waals surface area contributed by atoms with Gasteiger partial charge in [-0.3, -0.25) is 14.1 Å². The molecule has 0 saturated carbocycles. The number of hydrogen-bond acceptors (Lipinski definition) is 5. The number of hydrogen-bond donors (Lipinski definition) is 0. The van der Waals surface area contributed by atoms with E-state index in [0.717, 1.165) is 30.3 Å². The summed E-state index contributed by atoms with van der Waals surface area (Å²) in [5.41, 5.74) is 0.819. The van der Waals surface area contributed by atoms with E-state index in [1.54, 1.807) is 0 Å². The molecule has 1 amide bonds. The first-order valence-corrected chi connectivity index (χ1v) is 9.74. The molecule has 2 saturated heterocycles. The van der Waals surface area contributed by atoms with E-state index < -0.39 is 0 Å². The topological polar surface area (TPSA) is 53.7 Å². The van der Waals surface area contributed by atoms with Crippen LogP contribution in [0.2, 0.25) is 0 Å². The number of likely N-dealkylation sites (tertiary alicyclic amines) is 2. The summed E-state index contributed by atoms with van der Waals surface area (Å²) in [5, 5.41) is 9.11. The number of carbonyl (C=O) groups is 1. The number of rotatable bonds is 4. The van der Waals surface area contributed by atoms with Crippen molar-refractivity contribution < 1.29 is 4.79 Å². The van der Waals surface area contributed by atoms with Crippen molar-refractivity contribution >= 4 is 23.3 Å². The van der Waals surface area contributed by atoms with Crippen LogP contribution in [0.25, 0.3) is 5.65 Å². The van der Waals surface area contributed by atoms with Gasteiger partial charge in [0.15, 0.2) is 10.8 Å². The molecule has 0 N–H and O–H groups in total. The minimum atomic E-state index is 0.219. The molecular weight excluding hydrogens is 322 g/mol. The number of piperidine rings is 1. The Labute approximate surface area is 146 Å². The van der Waals surface area contributed by atoms with Gasteiger partial charge in [-0.2, -0.15) is 0 Å². The molecule has 0 unspecified atom stereocenters. The van der Waals surface area contributed by atoms with Gasteiger partial charge in [0.05, 0.1) is 5.75 Å². The van der Waals surface area contributed by atoms with E-state index in [2.05, 4.69) is 15.1 Å². The van der Waals surface area contributed by atoms with Crippen LogP contribution in [0.3, 0.4) is 0 Å². The molecule has 2 aliphatic rings. The third-order valence-corrected chi connectivity index (χ3v) is 5.94. The Hall–Kier alpha value is -1.60. The lowest BCUT2D eigenvalue weighted by Crippen LogP contribution is -2.49. The van der Waals surface area contributed by atoms with Gasteiger partial charge in [0.1, 0.15) is 0 Å². The molecule has 24 heavy (non-hydrogen) atoms. The van der Waals surface area contributed by atoms with E-state index in [1.165, 1.54) is 44.1 Å². The predicted octanol–water partition coefficient (Wildman–Crippen LogP) is 1.91. The molecule has 4 rings (SSSR count). The Bertz CT molecular complexity index is 712. The molecular formula is C17H23N5OS. The van der Waals surface area contributed by atoms with Gasteiger partial charge in [0.25, 0.3) is 0 Å². The quantitative estimate of drug-likeness (QED) is 0.793. The number of fused-ring (bicyclic) bond motifs is 1. The minimum Gasteiger partial charge on any atom is -0.340 e. The van der Waals surface area contributed by atoms with Gasteiger partial charge in [-0.1, -0.05) is 17.8 Å². The standard InChI is InChI=1S/C17H23N5OS/c23-16(13-24-17-19-18-15-7-1-2-11-22(15)17)21-10-5-6-14(12-21)20-8-3-4-9-20/h1-2,7,11,14H,3-6,8-10,12-13H2/t14-/m0/s1. The van der Waals surface area contributed by atoms with Crippen LogP contribution in [0.1, 0.15) is 25.7 Å². The molecule has 1 atom stereocenters. The highest BCUT2D eigenvalue weighted by atomic mass is 32.2. The van der Waals surface area contributed by atoms with E-state index in [1.807, 2.05) is 33.7 Å². The summed E-state index contributed by atoms with van der Waals surface area (Å²) in [4.78, 5) is 17.2. The Morgan fingerprint density at radius 2 is 2.04 bits per heavy atom. The predicted molar refractivity (Wildman–Crippen MR) is 94.1 cm³/mol. The molecule has 2 fully saturated rings. The van der Waals surface area contributed by atoms with Crippen molar-refractivity contribution in [1.29, 1.82) is 0 Å². The van der Waals surface area contributed by atoms with Gasteiger partial charge in [-0.05, 0) is 50.9 Å². The lowest BCUT2D eigenvalue weighted by Gasteiger charge is -2.37. The summed E-state index contributed by atoms with van der Waals surface area (Å²) in [5.74, 6) is 0.652. The largest absolute Gasteiger partial charge is 0.340 e. The fraction of sp³-hybridized carbons (Fsp3) is 0.588. The molecule has 2 aliphatic heterocycles. The van der Waals surface area contributed by atoms with Crippen LogP contribution >= 0.6 is 11.8 Å². The van der Waals surface area contributed by atoms with Crippen LogP contribution in [0.4, 0.5) is 0 Å². The maximum atomic E-state index is 12.6. The monoisotopic (exact) mass is 345 g/mol. The summed E-state index contributed by atoms with van der Waals surface area (Å²) >= 11 is 1.48. The summed E-state index contributed by atoms with van der Waals surface area (Å²) < 4.78 is 1.93. The minimum absolute atomic E-state index is 0.219. The van der Waals surface area contributed by atoms with Crippen LogP contribution in [0.15, 0.2) is 29.6 Å². The maximum absolute atomic E-state index is 12.6. The molecule has 0 bridgehead atoms. The molecule has 2 aromatic rings. The third kappa shape index (κ3) is 3.28. The van der Waals surface area contributed by atoms with Crippen molar-refractivity contribution in [3.63, 3.8) is 0 Å². The fourth-order valence-electron chi connectivity index (χ4n) is 3.72. The van der Waals surface area contributed by atoms with Crippen molar-refractivity contribution in [2.75, 3.05) is 31.9 Å². The van der Waals surface area contributed by atoms with Crippen molar-refractivity contribution in [1.82, 2.24) is 24.4 Å². The highest BCUT2D eigenvalue weighted by Crippen LogP contribution is 2.22. The van der Waals surface area contributed by atoms with E-state index >= 15 is 0 Å². The number of aromatic nitrogens is 3. The van der Waals surface area contributed by atoms with Crippen molar-refractivity contribution in [3.8, 4) is 0 Å². The highest BCUT2D eigenvalue weighted by Gasteiger charge is 2.29. The number of carbonyl (C=O) groups excluding carboxylic acids is 1. The fourth-order valence-corrected chi connectivity index (χ4v) is 4.55. The molecule has 0 spiro atoms. The van der Waals surface area contributed by atoms with Gasteiger partial charge >= 0.3 is 0 Å². The SMILES string of the molecule is O=C(CSc1nnc2ccccn12)N1CCC[C@H](N2CCCC2)C1. The zero-order valence-corrected chi connectivity index (χ0v) is 14.6. The maximum Gasteiger partial charge on any atom is 0.233 e. The van der Waals surface area contributed by atoms with Crippen LogP contribution in [-0.2, 0) is 4.79 Å². The molecule has 6 nitrogen and oxygen atoms in total. The summed E-state index contributed by atoms with van der Waals surface area (Å²) in [6.45, 7) is 4.19. The van der Waals surface area contributed by atoms with Gasteiger partial charge < -0.3 is 4.90 Å². The van der Waals surface area contributed by atoms with Crippen molar-refractivity contribution in [3.05, 3.63) is 24.4 Å². The summed E-state index contributed by atoms with van der Waals surface area (Å²) in [6.07, 6.45) is 6.89. The first-order chi connectivity index (χ1) is 11.8. The Kier molecular flexibility index (Phi) is 4.71. The van der Waals surface area contributed by atoms with Crippen molar-refractivity contribution in [2.45, 2.75) is 36.9 Å². The van der Waals surface area contributed by atoms with Gasteiger partial charge in [-0.15, -0.1) is 10.2 Å². The summed E-state index contributed by atoms with van der Waals surface area (Å²) in [7, 11) is 0. The van der Waals surface area contributed by atoms with E-state index in [4.69, 9.17) is 0 Å². The number of pyridine rings is 1. The van der Waals surface area contributed by atoms with Crippen LogP contribution in [0, 0.1) is 0 Å². The molecule has 0 aliphatic carbocycles. The van der Waals surface area contributed by atoms with Gasteiger partial charge in [0, 0.05) is 25.3 Å². The molecule has 0 aromatic carbocycles. The van der Waals surface area contributed by atoms with Gasteiger partial charge in [0.2, 0.25) is 5.91 Å². The Morgan fingerprint density at radius 1 is 1.17 bits per heavy atom.